The molecule has 11 amide bonds. The quantitative estimate of drug-likeness (QED) is 0.0740. The Morgan fingerprint density at radius 1 is 0.575 bits per heavy atom. The lowest BCUT2D eigenvalue weighted by molar-refractivity contribution is -0.159. The van der Waals surface area contributed by atoms with Crippen molar-refractivity contribution in [3.8, 4) is 5.69 Å². The maximum absolute atomic E-state index is 15.7. The summed E-state index contributed by atoms with van der Waals surface area (Å²) in [6.07, 6.45) is 1.16. The number of hydrogen-bond donors (Lipinski definition) is 5. The van der Waals surface area contributed by atoms with Gasteiger partial charge in [-0.1, -0.05) is 112 Å². The molecule has 0 spiro atoms. The van der Waals surface area contributed by atoms with Gasteiger partial charge in [0.1, 0.15) is 66.5 Å². The van der Waals surface area contributed by atoms with E-state index in [9.17, 15) is 19.5 Å². The van der Waals surface area contributed by atoms with Crippen LogP contribution in [-0.4, -0.2) is 302 Å². The summed E-state index contributed by atoms with van der Waals surface area (Å²) in [6.45, 7) is 29.3. The summed E-state index contributed by atoms with van der Waals surface area (Å²) >= 11 is 1.49. The van der Waals surface area contributed by atoms with E-state index >= 15 is 38.4 Å². The monoisotopic (exact) mass is 1510 g/mol. The van der Waals surface area contributed by atoms with E-state index in [-0.39, 0.29) is 44.1 Å². The van der Waals surface area contributed by atoms with Crippen LogP contribution in [0.15, 0.2) is 35.5 Å². The predicted octanol–water partition coefficient (Wildman–Crippen LogP) is 3.61. The second-order valence-corrected chi connectivity index (χ2v) is 31.9. The number of aliphatic hydroxyl groups is 1. The van der Waals surface area contributed by atoms with Crippen molar-refractivity contribution in [1.29, 1.82) is 0 Å². The average molecular weight is 1510 g/mol. The Morgan fingerprint density at radius 3 is 1.76 bits per heavy atom. The molecule has 1 aromatic carbocycles. The molecule has 0 aliphatic carbocycles. The van der Waals surface area contributed by atoms with Crippen LogP contribution in [0.3, 0.4) is 0 Å². The van der Waals surface area contributed by atoms with Gasteiger partial charge in [-0.3, -0.25) is 57.6 Å². The first-order valence-electron chi connectivity index (χ1n) is 38.1. The summed E-state index contributed by atoms with van der Waals surface area (Å²) in [7, 11) is 8.51. The normalized spacial score (nSPS) is 26.9. The molecule has 5 rings (SSSR count). The predicted molar refractivity (Wildman–Crippen MR) is 403 cm³/mol. The number of unbranched alkanes of at least 4 members (excludes halogenated alkanes) is 3. The van der Waals surface area contributed by atoms with Crippen LogP contribution in [0.5, 0.6) is 0 Å². The number of rotatable bonds is 24. The van der Waals surface area contributed by atoms with Crippen molar-refractivity contribution < 1.29 is 67.3 Å². The number of aromatic nitrogens is 4. The van der Waals surface area contributed by atoms with E-state index in [1.54, 1.807) is 60.1 Å². The van der Waals surface area contributed by atoms with Crippen LogP contribution in [0.1, 0.15) is 168 Å². The molecule has 4 heterocycles. The van der Waals surface area contributed by atoms with Gasteiger partial charge >= 0.3 is 0 Å². The van der Waals surface area contributed by atoms with Crippen LogP contribution in [0.4, 0.5) is 0 Å². The molecule has 2 aromatic rings. The van der Waals surface area contributed by atoms with Crippen LogP contribution in [0.2, 0.25) is 0 Å². The number of fused-ring (bicyclic) bond motifs is 3. The lowest BCUT2D eigenvalue weighted by Crippen LogP contribution is -2.65. The SMILES string of the molecule is CC[C@@H]1NC(=O)[C@H]([C@H](O)[C@H](C)CCCCCSc2nnnn2-c2ccccc2)NC(=O)[C@H](C(C)C)N(C)C(=O)[C@@H]2CC(C)N(C(=O)[C@H](C)NC(=O)[C@H](CC(C)C)N(C)C(=O)[C@H](C(C)C)NC(=O)[C@H]([C@@H](C)OCCCCN3CCOCC3)N(C)C(=O)[C@@H](C)N(C)C1=O)[C@H](C)C(=O)N(C)[C@@H](CC(C)C)C(=O)N2C. The molecule has 3 fully saturated rings. The van der Waals surface area contributed by atoms with E-state index in [0.29, 0.717) is 49.8 Å². The second-order valence-electron chi connectivity index (χ2n) is 30.8. The summed E-state index contributed by atoms with van der Waals surface area (Å²) in [5.41, 5.74) is 0.813. The van der Waals surface area contributed by atoms with Gasteiger partial charge in [-0.25, -0.2) is 0 Å². The highest BCUT2D eigenvalue weighted by Crippen LogP contribution is 2.29. The van der Waals surface area contributed by atoms with Gasteiger partial charge in [-0.15, -0.1) is 5.10 Å². The largest absolute Gasteiger partial charge is 0.390 e. The van der Waals surface area contributed by atoms with Gasteiger partial charge in [0, 0.05) is 73.8 Å². The van der Waals surface area contributed by atoms with E-state index in [2.05, 4.69) is 41.7 Å². The lowest BCUT2D eigenvalue weighted by atomic mass is 9.91. The zero-order valence-electron chi connectivity index (χ0n) is 66.9. The number of carbonyl (C=O) groups excluding carboxylic acids is 11. The molecule has 0 radical (unpaired) electrons. The number of likely N-dealkylation sites (N-methyl/N-ethyl adjacent to an activating group) is 6. The number of nitrogens with zero attached hydrogens (tertiary/aromatic N) is 12. The minimum Gasteiger partial charge on any atom is -0.390 e. The fourth-order valence-electron chi connectivity index (χ4n) is 14.3. The number of para-hydroxylation sites is 1. The van der Waals surface area contributed by atoms with Gasteiger partial charge in [0.25, 0.3) is 0 Å². The van der Waals surface area contributed by atoms with Gasteiger partial charge in [0.15, 0.2) is 0 Å². The number of benzene rings is 1. The molecule has 106 heavy (non-hydrogen) atoms. The van der Waals surface area contributed by atoms with E-state index in [4.69, 9.17) is 9.47 Å². The maximum Gasteiger partial charge on any atom is 0.246 e. The Hall–Kier alpha value is -7.35. The van der Waals surface area contributed by atoms with E-state index in [1.807, 2.05) is 58.0 Å². The minimum absolute atomic E-state index is 0.0332. The Balaban J connectivity index is 1.63. The van der Waals surface area contributed by atoms with Gasteiger partial charge in [0.2, 0.25) is 70.1 Å². The summed E-state index contributed by atoms with van der Waals surface area (Å²) < 4.78 is 13.6. The first kappa shape index (κ1) is 89.3. The van der Waals surface area contributed by atoms with Crippen molar-refractivity contribution in [3.63, 3.8) is 0 Å². The number of hydrogen-bond acceptors (Lipinski definition) is 19. The molecule has 5 N–H and O–H groups in total. The number of nitrogens with one attached hydrogen (secondary N) is 4. The smallest absolute Gasteiger partial charge is 0.246 e. The summed E-state index contributed by atoms with van der Waals surface area (Å²) in [5, 5.41) is 36.7. The maximum atomic E-state index is 15.7. The van der Waals surface area contributed by atoms with Crippen molar-refractivity contribution in [1.82, 2.24) is 80.7 Å². The fraction of sp³-hybridized carbons (Fsp3) is 0.760. The highest BCUT2D eigenvalue weighted by atomic mass is 32.2. The molecule has 3 aliphatic heterocycles. The van der Waals surface area contributed by atoms with Gasteiger partial charge in [0.05, 0.1) is 31.1 Å². The summed E-state index contributed by atoms with van der Waals surface area (Å²) in [6, 6.07) is -6.44. The molecule has 596 valence electrons. The van der Waals surface area contributed by atoms with Gasteiger partial charge in [-0.05, 0) is 145 Å². The zero-order valence-corrected chi connectivity index (χ0v) is 67.7. The highest BCUT2D eigenvalue weighted by Gasteiger charge is 2.48. The first-order valence-corrected chi connectivity index (χ1v) is 39.1. The topological polar surface area (TPSA) is 344 Å². The highest BCUT2D eigenvalue weighted by molar-refractivity contribution is 7.99. The Morgan fingerprint density at radius 2 is 1.16 bits per heavy atom. The van der Waals surface area contributed by atoms with Crippen LogP contribution in [-0.2, 0) is 62.2 Å². The number of aliphatic hydroxyl groups excluding tert-OH is 1. The molecule has 3 aliphatic rings. The molecule has 2 bridgehead atoms. The Kier molecular flexibility index (Phi) is 35.2. The first-order chi connectivity index (χ1) is 49.9. The Bertz CT molecular complexity index is 3250. The van der Waals surface area contributed by atoms with Crippen LogP contribution in [0, 0.1) is 29.6 Å². The third-order valence-corrected chi connectivity index (χ3v) is 22.0. The third-order valence-electron chi connectivity index (χ3n) is 21.0. The average Bonchev–Trinajstić information content (AvgIpc) is 0.996. The van der Waals surface area contributed by atoms with E-state index in [0.717, 1.165) is 43.1 Å². The number of tetrazole rings is 1. The van der Waals surface area contributed by atoms with Crippen LogP contribution in [0.25, 0.3) is 5.69 Å². The van der Waals surface area contributed by atoms with Crippen LogP contribution >= 0.6 is 11.8 Å². The molecule has 31 heteroatoms. The molecule has 0 saturated carbocycles. The standard InChI is InChI=1S/C75H126N16O14S/c1-22-55-71(100)83(16)51(13)69(98)88(21)62(53(15)105-37-29-28-34-89-35-38-104-39-36-89)67(96)78-59(46(6)7)74(103)84(17)56(41-44(2)3)64(93)76-50(12)68(97)90-49(11)43-58(86(19)72(101)57(42-45(4)5)85(18)70(99)52(90)14)73(102)87(20)61(47(8)9)66(95)79-60(65(94)77-55)63(92)48(10)31-25-24-30-40-106-75-80-81-82-91(75)54-32-26-23-27-33-54/h23,26-27,32-33,44-53,55-63,92H,22,24-25,28-31,34-43H2,1-21H3,(H,76,93)(H,77,94)(H,78,96)(H,79,95)/t48-,49?,50+,51-,52-,53-,55+,56+,57+,58+,59+,60+,61+,62+,63-/m1/s1. The molecule has 3 saturated heterocycles. The molecule has 1 aromatic heterocycles. The number of ether oxygens (including phenoxy) is 2. The second kappa shape index (κ2) is 41.8. The molecular formula is C75H126N16O14S. The zero-order chi connectivity index (χ0) is 79.3. The number of amides is 11. The molecule has 30 nitrogen and oxygen atoms in total. The van der Waals surface area contributed by atoms with Gasteiger partial charge < -0.3 is 70.1 Å². The van der Waals surface area contributed by atoms with Crippen molar-refractivity contribution >= 4 is 76.7 Å². The fourth-order valence-corrected chi connectivity index (χ4v) is 15.2. The number of carbonyl (C=O) groups is 11. The third kappa shape index (κ3) is 23.6. The molecule has 1 unspecified atom stereocenters. The van der Waals surface area contributed by atoms with Crippen LogP contribution < -0.4 is 21.3 Å². The summed E-state index contributed by atoms with van der Waals surface area (Å²) in [5.74, 6) is -9.65. The lowest BCUT2D eigenvalue weighted by Gasteiger charge is -2.45. The molecular weight excluding hydrogens is 1380 g/mol. The van der Waals surface area contributed by atoms with Crippen molar-refractivity contribution in [2.24, 2.45) is 29.6 Å². The number of morpholine rings is 1. The van der Waals surface area contributed by atoms with E-state index in [1.165, 1.54) is 104 Å². The van der Waals surface area contributed by atoms with E-state index < -0.39 is 167 Å². The Labute approximate surface area is 632 Å². The number of thioether (sulfide) groups is 1. The minimum atomic E-state index is -1.75. The van der Waals surface area contributed by atoms with Crippen molar-refractivity contribution in [3.05, 3.63) is 30.3 Å². The van der Waals surface area contributed by atoms with Gasteiger partial charge in [-0.2, -0.15) is 4.68 Å². The summed E-state index contributed by atoms with van der Waals surface area (Å²) in [4.78, 5) is 178. The molecule has 15 atom stereocenters. The van der Waals surface area contributed by atoms with Crippen molar-refractivity contribution in [2.75, 3.05) is 87.5 Å². The van der Waals surface area contributed by atoms with Crippen molar-refractivity contribution in [2.45, 2.75) is 258 Å².